The van der Waals surface area contributed by atoms with Gasteiger partial charge in [0.05, 0.1) is 34.0 Å². The minimum absolute atomic E-state index is 0.0260. The highest BCUT2D eigenvalue weighted by atomic mass is 16.6. The third kappa shape index (κ3) is 6.82. The number of methoxy groups -OCH3 is 3. The van der Waals surface area contributed by atoms with Gasteiger partial charge < -0.3 is 39.3 Å². The van der Waals surface area contributed by atoms with Crippen molar-refractivity contribution in [3.05, 3.63) is 154 Å². The van der Waals surface area contributed by atoms with Crippen molar-refractivity contribution in [2.24, 2.45) is 0 Å². The van der Waals surface area contributed by atoms with E-state index >= 15 is 0 Å². The molecule has 4 aromatic carbocycles. The fraction of sp³-hybridized carbons (Fsp3) is 0.275. The third-order valence-electron chi connectivity index (χ3n) is 9.17. The molecule has 12 heteroatoms. The molecule has 0 saturated carbocycles. The number of hydrogen-bond donors (Lipinski definition) is 2. The third-order valence-corrected chi connectivity index (χ3v) is 9.17. The Balaban J connectivity index is 1.50. The van der Waals surface area contributed by atoms with Crippen molar-refractivity contribution >= 4 is 11.6 Å². The summed E-state index contributed by atoms with van der Waals surface area (Å²) in [5, 5.41) is 12.1. The number of benzene rings is 4. The topological polar surface area (TPSA) is 154 Å². The Bertz CT molecular complexity index is 1940. The van der Waals surface area contributed by atoms with E-state index < -0.39 is 41.1 Å². The number of nitrogens with zero attached hydrogens (tertiary/aromatic N) is 2. The van der Waals surface area contributed by atoms with Crippen LogP contribution in [0.2, 0.25) is 0 Å². The van der Waals surface area contributed by atoms with Crippen molar-refractivity contribution < 1.29 is 38.3 Å². The summed E-state index contributed by atoms with van der Waals surface area (Å²) in [6.45, 7) is -0.151. The molecule has 12 nitrogen and oxygen atoms in total. The first-order valence-electron chi connectivity index (χ1n) is 16.7. The summed E-state index contributed by atoms with van der Waals surface area (Å²) < 4.78 is 37.1. The summed E-state index contributed by atoms with van der Waals surface area (Å²) in [6.07, 6.45) is -2.77. The fourth-order valence-corrected chi connectivity index (χ4v) is 6.63. The largest absolute Gasteiger partial charge is 0.497 e. The molecule has 4 atom stereocenters. The normalized spacial score (nSPS) is 20.0. The monoisotopic (exact) mass is 707 g/mol. The van der Waals surface area contributed by atoms with Crippen molar-refractivity contribution in [2.75, 3.05) is 46.9 Å². The Morgan fingerprint density at radius 1 is 0.827 bits per heavy atom. The summed E-state index contributed by atoms with van der Waals surface area (Å²) in [5.74, 6) is 0.617. The van der Waals surface area contributed by atoms with E-state index in [0.717, 1.165) is 21.3 Å². The standard InChI is InChI=1S/C40H41N3O9/c1-47-24-25-50-37-35(44)33(52-40(37,36(45)27-10-6-4-7-11-27)43-23-22-34(41)42-38(43)46)26-51-39(28-12-8-5-9-13-28,29-14-18-31(48-2)19-15-29)30-16-20-32(49-3)21-17-30/h4-23,33,35,37,44H,24-26H2,1-3H3,(H2,41,42,46)/t33-,35-,37-,40-/m1/s1. The molecule has 0 spiro atoms. The van der Waals surface area contributed by atoms with Crippen LogP contribution in [0.25, 0.3) is 0 Å². The molecule has 1 aromatic heterocycles. The highest BCUT2D eigenvalue weighted by molar-refractivity contribution is 6.01. The van der Waals surface area contributed by atoms with E-state index in [9.17, 15) is 14.7 Å². The lowest BCUT2D eigenvalue weighted by Gasteiger charge is -2.37. The first-order valence-corrected chi connectivity index (χ1v) is 16.7. The quantitative estimate of drug-likeness (QED) is 0.0916. The number of carbonyl (C=O) groups is 1. The van der Waals surface area contributed by atoms with Crippen LogP contribution < -0.4 is 20.9 Å². The second-order valence-electron chi connectivity index (χ2n) is 12.1. The second kappa shape index (κ2) is 15.9. The maximum absolute atomic E-state index is 14.7. The van der Waals surface area contributed by atoms with Crippen LogP contribution >= 0.6 is 0 Å². The number of anilines is 1. The lowest BCUT2D eigenvalue weighted by Crippen LogP contribution is -2.57. The molecule has 1 fully saturated rings. The lowest BCUT2D eigenvalue weighted by molar-refractivity contribution is -0.145. The van der Waals surface area contributed by atoms with Gasteiger partial charge in [0.1, 0.15) is 41.2 Å². The van der Waals surface area contributed by atoms with Gasteiger partial charge in [-0.2, -0.15) is 4.98 Å². The van der Waals surface area contributed by atoms with Crippen LogP contribution in [0, 0.1) is 0 Å². The SMILES string of the molecule is COCCO[C@@H]1[C@H](O)[C@@H](COC(c2ccccc2)(c2ccc(OC)cc2)c2ccc(OC)cc2)O[C@@]1(C(=O)c1ccccc1)n1ccc(N)nc1=O. The summed E-state index contributed by atoms with van der Waals surface area (Å²) in [6, 6.07) is 34.3. The van der Waals surface area contributed by atoms with Gasteiger partial charge in [-0.3, -0.25) is 9.36 Å². The van der Waals surface area contributed by atoms with Crippen molar-refractivity contribution in [1.29, 1.82) is 0 Å². The lowest BCUT2D eigenvalue weighted by atomic mass is 9.80. The molecule has 0 bridgehead atoms. The van der Waals surface area contributed by atoms with Gasteiger partial charge in [0.25, 0.3) is 0 Å². The van der Waals surface area contributed by atoms with Crippen LogP contribution in [-0.2, 0) is 30.3 Å². The Morgan fingerprint density at radius 3 is 1.92 bits per heavy atom. The number of ketones is 1. The number of aliphatic hydroxyl groups excluding tert-OH is 1. The van der Waals surface area contributed by atoms with Crippen LogP contribution in [0.3, 0.4) is 0 Å². The predicted molar refractivity (Wildman–Crippen MR) is 192 cm³/mol. The zero-order valence-corrected chi connectivity index (χ0v) is 29.1. The van der Waals surface area contributed by atoms with Gasteiger partial charge >= 0.3 is 5.69 Å². The smallest absolute Gasteiger partial charge is 0.352 e. The molecule has 1 aliphatic rings. The minimum Gasteiger partial charge on any atom is -0.497 e. The number of carbonyl (C=O) groups excluding carboxylic acids is 1. The van der Waals surface area contributed by atoms with E-state index in [1.807, 2.05) is 78.9 Å². The highest BCUT2D eigenvalue weighted by Gasteiger charge is 2.62. The van der Waals surface area contributed by atoms with Crippen LogP contribution in [0.4, 0.5) is 5.82 Å². The second-order valence-corrected chi connectivity index (χ2v) is 12.1. The molecule has 270 valence electrons. The van der Waals surface area contributed by atoms with Crippen molar-refractivity contribution in [3.8, 4) is 11.5 Å². The van der Waals surface area contributed by atoms with Crippen LogP contribution in [0.15, 0.2) is 126 Å². The van der Waals surface area contributed by atoms with E-state index in [1.54, 1.807) is 44.6 Å². The number of rotatable bonds is 15. The maximum atomic E-state index is 14.7. The Kier molecular flexibility index (Phi) is 11.1. The van der Waals surface area contributed by atoms with E-state index in [4.69, 9.17) is 34.2 Å². The number of Topliss-reactive ketones (excluding diaryl/α,β-unsaturated/α-hetero) is 1. The molecule has 0 unspecified atom stereocenters. The number of nitrogen functional groups attached to an aromatic ring is 1. The van der Waals surface area contributed by atoms with Gasteiger partial charge in [-0.05, 0) is 47.0 Å². The first kappa shape index (κ1) is 36.4. The van der Waals surface area contributed by atoms with Gasteiger partial charge in [-0.15, -0.1) is 0 Å². The number of hydrogen-bond acceptors (Lipinski definition) is 11. The van der Waals surface area contributed by atoms with Crippen molar-refractivity contribution in [2.45, 2.75) is 29.6 Å². The Morgan fingerprint density at radius 2 is 1.38 bits per heavy atom. The van der Waals surface area contributed by atoms with Gasteiger partial charge in [0, 0.05) is 18.9 Å². The van der Waals surface area contributed by atoms with E-state index in [-0.39, 0.29) is 31.2 Å². The fourth-order valence-electron chi connectivity index (χ4n) is 6.63. The maximum Gasteiger partial charge on any atom is 0.352 e. The molecule has 0 radical (unpaired) electrons. The van der Waals surface area contributed by atoms with Crippen LogP contribution in [0.1, 0.15) is 27.0 Å². The van der Waals surface area contributed by atoms with E-state index in [2.05, 4.69) is 4.98 Å². The number of aromatic nitrogens is 2. The van der Waals surface area contributed by atoms with Gasteiger partial charge in [0.15, 0.2) is 0 Å². The van der Waals surface area contributed by atoms with Crippen LogP contribution in [-0.4, -0.2) is 79.9 Å². The molecular weight excluding hydrogens is 666 g/mol. The Hall–Kier alpha value is -5.37. The van der Waals surface area contributed by atoms with Gasteiger partial charge in [0.2, 0.25) is 11.5 Å². The molecule has 0 amide bonds. The average Bonchev–Trinajstić information content (AvgIpc) is 3.47. The molecule has 1 saturated heterocycles. The molecule has 6 rings (SSSR count). The number of nitrogens with two attached hydrogens (primary N) is 1. The van der Waals surface area contributed by atoms with E-state index in [1.165, 1.54) is 19.4 Å². The molecule has 2 heterocycles. The van der Waals surface area contributed by atoms with Crippen molar-refractivity contribution in [1.82, 2.24) is 9.55 Å². The summed E-state index contributed by atoms with van der Waals surface area (Å²) in [4.78, 5) is 32.1. The first-order chi connectivity index (χ1) is 25.3. The predicted octanol–water partition coefficient (Wildman–Crippen LogP) is 4.18. The molecule has 5 aromatic rings. The van der Waals surface area contributed by atoms with Gasteiger partial charge in [-0.1, -0.05) is 84.9 Å². The molecule has 52 heavy (non-hydrogen) atoms. The average molecular weight is 708 g/mol. The van der Waals surface area contributed by atoms with Gasteiger partial charge in [-0.25, -0.2) is 4.79 Å². The zero-order valence-electron chi connectivity index (χ0n) is 29.1. The zero-order chi connectivity index (χ0) is 36.7. The van der Waals surface area contributed by atoms with E-state index in [0.29, 0.717) is 11.5 Å². The highest BCUT2D eigenvalue weighted by Crippen LogP contribution is 2.45. The summed E-state index contributed by atoms with van der Waals surface area (Å²) in [7, 11) is 4.68. The summed E-state index contributed by atoms with van der Waals surface area (Å²) >= 11 is 0. The number of aliphatic hydroxyl groups is 1. The van der Waals surface area contributed by atoms with Crippen LogP contribution in [0.5, 0.6) is 11.5 Å². The molecular formula is C40H41N3O9. The molecule has 1 aliphatic heterocycles. The molecule has 3 N–H and O–H groups in total. The van der Waals surface area contributed by atoms with Crippen molar-refractivity contribution in [3.63, 3.8) is 0 Å². The summed E-state index contributed by atoms with van der Waals surface area (Å²) in [5.41, 5.74) is 3.99. The Labute approximate surface area is 301 Å². The molecule has 0 aliphatic carbocycles. The number of ether oxygens (including phenoxy) is 6. The minimum atomic E-state index is -2.21.